The lowest BCUT2D eigenvalue weighted by Crippen LogP contribution is -2.16. The molecule has 0 aliphatic heterocycles. The number of nitrogens with one attached hydrogen (secondary N) is 2. The molecule has 0 spiro atoms. The Morgan fingerprint density at radius 2 is 1.46 bits per heavy atom. The zero-order valence-electron chi connectivity index (χ0n) is 14.0. The fraction of sp³-hybridized carbons (Fsp3) is 0.150. The van der Waals surface area contributed by atoms with Gasteiger partial charge in [0.25, 0.3) is 0 Å². The second kappa shape index (κ2) is 6.93. The van der Waals surface area contributed by atoms with Crippen molar-refractivity contribution in [1.29, 1.82) is 0 Å². The Bertz CT molecular complexity index is 1030. The van der Waals surface area contributed by atoms with Gasteiger partial charge >= 0.3 is 5.97 Å². The number of aromatic nitrogens is 2. The van der Waals surface area contributed by atoms with Crippen molar-refractivity contribution in [3.05, 3.63) is 68.9 Å². The smallest absolute Gasteiger partial charge is 0.318 e. The molecule has 4 rings (SSSR count). The second-order valence-corrected chi connectivity index (χ2v) is 7.88. The molecule has 0 atom stereocenters. The van der Waals surface area contributed by atoms with Crippen molar-refractivity contribution in [2.45, 2.75) is 12.8 Å². The summed E-state index contributed by atoms with van der Waals surface area (Å²) < 4.78 is 7.39. The molecule has 0 aliphatic rings. The molecule has 6 heteroatoms. The van der Waals surface area contributed by atoms with E-state index in [1.807, 2.05) is 55.7 Å². The third-order valence-corrected chi connectivity index (χ3v) is 5.48. The number of aromatic amines is 2. The van der Waals surface area contributed by atoms with E-state index in [1.165, 1.54) is 0 Å². The Kier molecular flexibility index (Phi) is 4.63. The highest BCUT2D eigenvalue weighted by Gasteiger charge is 2.29. The van der Waals surface area contributed by atoms with Crippen LogP contribution in [0.1, 0.15) is 24.0 Å². The third kappa shape index (κ3) is 2.97. The summed E-state index contributed by atoms with van der Waals surface area (Å²) in [6.45, 7) is 2.17. The van der Waals surface area contributed by atoms with Crippen LogP contribution in [0.4, 0.5) is 0 Å². The Morgan fingerprint density at radius 3 is 1.92 bits per heavy atom. The molecule has 132 valence electrons. The Labute approximate surface area is 167 Å². The minimum Gasteiger partial charge on any atom is -0.465 e. The van der Waals surface area contributed by atoms with Crippen molar-refractivity contribution in [1.82, 2.24) is 9.97 Å². The fourth-order valence-electron chi connectivity index (χ4n) is 3.37. The largest absolute Gasteiger partial charge is 0.465 e. The van der Waals surface area contributed by atoms with Crippen LogP contribution in [0.15, 0.2) is 57.7 Å². The van der Waals surface area contributed by atoms with Crippen LogP contribution in [0.25, 0.3) is 21.8 Å². The number of rotatable bonds is 4. The van der Waals surface area contributed by atoms with Gasteiger partial charge in [-0.15, -0.1) is 0 Å². The standard InChI is InChI=1S/C20H16Br2N2O2/c1-2-26-20(25)19(15-9-23-17-7-11(21)3-5-13(15)17)16-10-24-18-8-12(22)4-6-14(16)18/h3-10,19,23-24H,2H2,1H3. The Morgan fingerprint density at radius 1 is 0.962 bits per heavy atom. The minimum atomic E-state index is -0.500. The molecule has 2 N–H and O–H groups in total. The fourth-order valence-corrected chi connectivity index (χ4v) is 4.09. The summed E-state index contributed by atoms with van der Waals surface area (Å²) in [4.78, 5) is 19.4. The van der Waals surface area contributed by atoms with E-state index < -0.39 is 5.92 Å². The number of benzene rings is 2. The van der Waals surface area contributed by atoms with Gasteiger partial charge in [0.05, 0.1) is 6.61 Å². The minimum absolute atomic E-state index is 0.250. The van der Waals surface area contributed by atoms with Crippen molar-refractivity contribution < 1.29 is 9.53 Å². The number of hydrogen-bond donors (Lipinski definition) is 2. The number of carbonyl (C=O) groups excluding carboxylic acids is 1. The Balaban J connectivity index is 1.93. The quantitative estimate of drug-likeness (QED) is 0.362. The summed E-state index contributed by atoms with van der Waals surface area (Å²) in [7, 11) is 0. The SMILES string of the molecule is CCOC(=O)C(c1c[nH]c2cc(Br)ccc12)c1c[nH]c2cc(Br)ccc12. The highest BCUT2D eigenvalue weighted by atomic mass is 79.9. The zero-order valence-corrected chi connectivity index (χ0v) is 17.1. The van der Waals surface area contributed by atoms with E-state index in [1.54, 1.807) is 0 Å². The number of esters is 1. The molecule has 2 heterocycles. The van der Waals surface area contributed by atoms with Crippen molar-refractivity contribution in [2.24, 2.45) is 0 Å². The number of carbonyl (C=O) groups is 1. The first-order valence-corrected chi connectivity index (χ1v) is 9.86. The number of hydrogen-bond acceptors (Lipinski definition) is 2. The second-order valence-electron chi connectivity index (χ2n) is 6.05. The molecule has 0 fully saturated rings. The maximum atomic E-state index is 12.9. The molecule has 0 aliphatic carbocycles. The molecule has 4 aromatic rings. The molecule has 0 bridgehead atoms. The molecule has 2 aromatic carbocycles. The molecule has 0 radical (unpaired) electrons. The Hall–Kier alpha value is -2.05. The average molecular weight is 476 g/mol. The average Bonchev–Trinajstić information content (AvgIpc) is 3.20. The van der Waals surface area contributed by atoms with E-state index in [9.17, 15) is 4.79 Å². The highest BCUT2D eigenvalue weighted by Crippen LogP contribution is 2.37. The predicted octanol–water partition coefficient (Wildman–Crippen LogP) is 5.87. The van der Waals surface area contributed by atoms with Gasteiger partial charge in [-0.3, -0.25) is 4.79 Å². The van der Waals surface area contributed by atoms with Crippen molar-refractivity contribution in [3.63, 3.8) is 0 Å². The first-order valence-electron chi connectivity index (χ1n) is 8.28. The van der Waals surface area contributed by atoms with Crippen LogP contribution >= 0.6 is 31.9 Å². The summed E-state index contributed by atoms with van der Waals surface area (Å²) in [5.74, 6) is -0.750. The van der Waals surface area contributed by atoms with E-state index in [4.69, 9.17) is 4.74 Å². The van der Waals surface area contributed by atoms with Crippen LogP contribution in [0.5, 0.6) is 0 Å². The first-order chi connectivity index (χ1) is 12.6. The first kappa shape index (κ1) is 17.4. The molecule has 0 amide bonds. The van der Waals surface area contributed by atoms with Crippen LogP contribution < -0.4 is 0 Å². The van der Waals surface area contributed by atoms with Crippen LogP contribution in [-0.4, -0.2) is 22.5 Å². The normalized spacial score (nSPS) is 11.5. The van der Waals surface area contributed by atoms with Crippen LogP contribution in [-0.2, 0) is 9.53 Å². The highest BCUT2D eigenvalue weighted by molar-refractivity contribution is 9.10. The lowest BCUT2D eigenvalue weighted by Gasteiger charge is -2.15. The molecule has 26 heavy (non-hydrogen) atoms. The molecular formula is C20H16Br2N2O2. The number of ether oxygens (including phenoxy) is 1. The van der Waals surface area contributed by atoms with Crippen molar-refractivity contribution in [2.75, 3.05) is 6.61 Å². The van der Waals surface area contributed by atoms with E-state index in [-0.39, 0.29) is 5.97 Å². The van der Waals surface area contributed by atoms with Gasteiger partial charge in [0.1, 0.15) is 5.92 Å². The van der Waals surface area contributed by atoms with Crippen molar-refractivity contribution in [3.8, 4) is 0 Å². The van der Waals surface area contributed by atoms with Gasteiger partial charge < -0.3 is 14.7 Å². The number of fused-ring (bicyclic) bond motifs is 2. The third-order valence-electron chi connectivity index (χ3n) is 4.50. The molecule has 0 saturated heterocycles. The predicted molar refractivity (Wildman–Crippen MR) is 110 cm³/mol. The van der Waals surface area contributed by atoms with Crippen LogP contribution in [0, 0.1) is 0 Å². The van der Waals surface area contributed by atoms with Gasteiger partial charge in [-0.05, 0) is 42.3 Å². The molecular weight excluding hydrogens is 460 g/mol. The van der Waals surface area contributed by atoms with Gasteiger partial charge in [-0.1, -0.05) is 44.0 Å². The monoisotopic (exact) mass is 474 g/mol. The van der Waals surface area contributed by atoms with Gasteiger partial charge in [-0.25, -0.2) is 0 Å². The summed E-state index contributed by atoms with van der Waals surface area (Å²) in [5.41, 5.74) is 3.78. The summed E-state index contributed by atoms with van der Waals surface area (Å²) in [6.07, 6.45) is 3.80. The van der Waals surface area contributed by atoms with Gasteiger partial charge in [0.2, 0.25) is 0 Å². The van der Waals surface area contributed by atoms with Crippen molar-refractivity contribution >= 4 is 59.6 Å². The van der Waals surface area contributed by atoms with E-state index in [2.05, 4.69) is 41.8 Å². The summed E-state index contributed by atoms with van der Waals surface area (Å²) in [5, 5.41) is 2.02. The van der Waals surface area contributed by atoms with Gasteiger partial charge in [0.15, 0.2) is 0 Å². The van der Waals surface area contributed by atoms with Crippen LogP contribution in [0.3, 0.4) is 0 Å². The molecule has 0 unspecified atom stereocenters. The topological polar surface area (TPSA) is 57.9 Å². The summed E-state index contributed by atoms with van der Waals surface area (Å²) in [6, 6.07) is 12.0. The van der Waals surface area contributed by atoms with E-state index >= 15 is 0 Å². The maximum Gasteiger partial charge on any atom is 0.318 e. The lowest BCUT2D eigenvalue weighted by atomic mass is 9.90. The van der Waals surface area contributed by atoms with Gasteiger partial charge in [-0.2, -0.15) is 0 Å². The van der Waals surface area contributed by atoms with E-state index in [0.29, 0.717) is 6.61 Å². The lowest BCUT2D eigenvalue weighted by molar-refractivity contribution is -0.143. The molecule has 2 aromatic heterocycles. The number of halogens is 2. The summed E-state index contributed by atoms with van der Waals surface area (Å²) >= 11 is 6.98. The molecule has 0 saturated carbocycles. The zero-order chi connectivity index (χ0) is 18.3. The van der Waals surface area contributed by atoms with Gasteiger partial charge in [0, 0.05) is 43.1 Å². The van der Waals surface area contributed by atoms with E-state index in [0.717, 1.165) is 41.9 Å². The van der Waals surface area contributed by atoms with Crippen LogP contribution in [0.2, 0.25) is 0 Å². The number of H-pyrrole nitrogens is 2. The molecule has 4 nitrogen and oxygen atoms in total. The maximum absolute atomic E-state index is 12.9.